The van der Waals surface area contributed by atoms with Gasteiger partial charge >= 0.3 is 0 Å². The molecule has 0 aliphatic rings. The molecule has 0 spiro atoms. The van der Waals surface area contributed by atoms with Crippen LogP contribution in [0.15, 0.2) is 60.8 Å². The normalized spacial score (nSPS) is 14.3. The molecule has 1 N–H and O–H groups in total. The Bertz CT molecular complexity index is 690. The Labute approximate surface area is 118 Å². The van der Waals surface area contributed by atoms with Crippen LogP contribution in [-0.4, -0.2) is 14.9 Å². The van der Waals surface area contributed by atoms with E-state index in [4.69, 9.17) is 0 Å². The second kappa shape index (κ2) is 5.47. The van der Waals surface area contributed by atoms with Crippen molar-refractivity contribution >= 4 is 10.9 Å². The van der Waals surface area contributed by atoms with Gasteiger partial charge in [-0.05, 0) is 18.1 Å². The minimum Gasteiger partial charge on any atom is -0.386 e. The Hall–Kier alpha value is -2.13. The first-order valence-electron chi connectivity index (χ1n) is 6.96. The molecule has 0 fully saturated rings. The summed E-state index contributed by atoms with van der Waals surface area (Å²) >= 11 is 0. The van der Waals surface area contributed by atoms with Crippen molar-refractivity contribution in [1.29, 1.82) is 0 Å². The van der Waals surface area contributed by atoms with Crippen LogP contribution in [0.4, 0.5) is 0 Å². The first-order chi connectivity index (χ1) is 9.81. The predicted molar refractivity (Wildman–Crippen MR) is 80.5 cm³/mol. The van der Waals surface area contributed by atoms with Gasteiger partial charge in [0, 0.05) is 5.39 Å². The monoisotopic (exact) mass is 266 g/mol. The third-order valence-electron chi connectivity index (χ3n) is 3.74. The number of hydrogen-bond acceptors (Lipinski definition) is 2. The average molecular weight is 266 g/mol. The van der Waals surface area contributed by atoms with E-state index in [-0.39, 0.29) is 6.04 Å². The summed E-state index contributed by atoms with van der Waals surface area (Å²) in [6.07, 6.45) is 2.13. The number of nitrogens with zero attached hydrogens (tertiary/aromatic N) is 2. The largest absolute Gasteiger partial charge is 0.386 e. The summed E-state index contributed by atoms with van der Waals surface area (Å²) < 4.78 is 1.94. The zero-order valence-corrected chi connectivity index (χ0v) is 11.5. The van der Waals surface area contributed by atoms with Crippen LogP contribution < -0.4 is 0 Å². The second-order valence-corrected chi connectivity index (χ2v) is 4.98. The van der Waals surface area contributed by atoms with E-state index in [0.29, 0.717) is 0 Å². The molecule has 0 aliphatic heterocycles. The fourth-order valence-electron chi connectivity index (χ4n) is 2.66. The zero-order chi connectivity index (χ0) is 13.9. The van der Waals surface area contributed by atoms with E-state index < -0.39 is 6.10 Å². The van der Waals surface area contributed by atoms with Crippen molar-refractivity contribution in [2.24, 2.45) is 0 Å². The van der Waals surface area contributed by atoms with Crippen LogP contribution in [0, 0.1) is 0 Å². The Kier molecular flexibility index (Phi) is 3.52. The summed E-state index contributed by atoms with van der Waals surface area (Å²) in [7, 11) is 0. The van der Waals surface area contributed by atoms with Crippen molar-refractivity contribution in [1.82, 2.24) is 9.78 Å². The van der Waals surface area contributed by atoms with E-state index in [1.165, 1.54) is 0 Å². The first-order valence-corrected chi connectivity index (χ1v) is 6.96. The molecule has 0 amide bonds. The molecular weight excluding hydrogens is 248 g/mol. The van der Waals surface area contributed by atoms with Gasteiger partial charge in [0.05, 0.1) is 17.8 Å². The summed E-state index contributed by atoms with van der Waals surface area (Å²) in [4.78, 5) is 0. The topological polar surface area (TPSA) is 38.0 Å². The number of aliphatic hydroxyl groups excluding tert-OH is 1. The minimum absolute atomic E-state index is 0.0581. The molecule has 0 aliphatic carbocycles. The quantitative estimate of drug-likeness (QED) is 0.781. The standard InChI is InChI=1S/C17H18N2O/c1-2-15(17(20)13-8-4-3-5-9-13)19-16-11-7-6-10-14(16)12-18-19/h3-12,15,17,20H,2H2,1H3. The van der Waals surface area contributed by atoms with Crippen molar-refractivity contribution in [3.8, 4) is 0 Å². The lowest BCUT2D eigenvalue weighted by Gasteiger charge is -2.23. The number of aliphatic hydroxyl groups is 1. The van der Waals surface area contributed by atoms with Gasteiger partial charge in [0.1, 0.15) is 6.10 Å². The minimum atomic E-state index is -0.551. The van der Waals surface area contributed by atoms with Gasteiger partial charge in [0.15, 0.2) is 0 Å². The number of rotatable bonds is 4. The molecule has 3 aromatic rings. The molecule has 0 saturated carbocycles. The van der Waals surface area contributed by atoms with Crippen LogP contribution in [-0.2, 0) is 0 Å². The maximum Gasteiger partial charge on any atom is 0.101 e. The van der Waals surface area contributed by atoms with Crippen LogP contribution in [0.2, 0.25) is 0 Å². The van der Waals surface area contributed by atoms with Gasteiger partial charge in [0.2, 0.25) is 0 Å². The fourth-order valence-corrected chi connectivity index (χ4v) is 2.66. The van der Waals surface area contributed by atoms with E-state index in [0.717, 1.165) is 22.9 Å². The summed E-state index contributed by atoms with van der Waals surface area (Å²) in [6.45, 7) is 2.08. The van der Waals surface area contributed by atoms with Crippen LogP contribution >= 0.6 is 0 Å². The zero-order valence-electron chi connectivity index (χ0n) is 11.5. The van der Waals surface area contributed by atoms with Crippen molar-refractivity contribution in [3.05, 3.63) is 66.4 Å². The highest BCUT2D eigenvalue weighted by Crippen LogP contribution is 2.31. The van der Waals surface area contributed by atoms with Crippen LogP contribution in [0.1, 0.15) is 31.1 Å². The maximum atomic E-state index is 10.7. The molecule has 0 radical (unpaired) electrons. The number of benzene rings is 2. The van der Waals surface area contributed by atoms with Crippen molar-refractivity contribution < 1.29 is 5.11 Å². The summed E-state index contributed by atoms with van der Waals surface area (Å²) in [5, 5.41) is 16.2. The van der Waals surface area contributed by atoms with E-state index in [1.54, 1.807) is 0 Å². The molecule has 3 nitrogen and oxygen atoms in total. The predicted octanol–water partition coefficient (Wildman–Crippen LogP) is 3.72. The van der Waals surface area contributed by atoms with Crippen molar-refractivity contribution in [2.45, 2.75) is 25.5 Å². The molecule has 102 valence electrons. The van der Waals surface area contributed by atoms with Crippen molar-refractivity contribution in [2.75, 3.05) is 0 Å². The second-order valence-electron chi connectivity index (χ2n) is 4.98. The van der Waals surface area contributed by atoms with Crippen LogP contribution in [0.3, 0.4) is 0 Å². The third kappa shape index (κ3) is 2.21. The summed E-state index contributed by atoms with van der Waals surface area (Å²) in [5.74, 6) is 0. The van der Waals surface area contributed by atoms with Gasteiger partial charge in [0.25, 0.3) is 0 Å². The van der Waals surface area contributed by atoms with Gasteiger partial charge in [-0.15, -0.1) is 0 Å². The number of fused-ring (bicyclic) bond motifs is 1. The van der Waals surface area contributed by atoms with Crippen molar-refractivity contribution in [3.63, 3.8) is 0 Å². The van der Waals surface area contributed by atoms with E-state index in [2.05, 4.69) is 12.0 Å². The Morgan fingerprint density at radius 1 is 1.05 bits per heavy atom. The summed E-state index contributed by atoms with van der Waals surface area (Å²) in [5.41, 5.74) is 1.99. The maximum absolute atomic E-state index is 10.7. The molecule has 0 saturated heterocycles. The van der Waals surface area contributed by atoms with E-state index in [9.17, 15) is 5.11 Å². The number of hydrogen-bond donors (Lipinski definition) is 1. The average Bonchev–Trinajstić information content (AvgIpc) is 2.93. The smallest absolute Gasteiger partial charge is 0.101 e. The lowest BCUT2D eigenvalue weighted by atomic mass is 10.0. The lowest BCUT2D eigenvalue weighted by molar-refractivity contribution is 0.106. The van der Waals surface area contributed by atoms with Gasteiger partial charge < -0.3 is 5.11 Å². The van der Waals surface area contributed by atoms with E-state index >= 15 is 0 Å². The highest BCUT2D eigenvalue weighted by Gasteiger charge is 2.22. The Balaban J connectivity index is 2.01. The molecular formula is C17H18N2O. The highest BCUT2D eigenvalue weighted by atomic mass is 16.3. The molecule has 3 rings (SSSR count). The molecule has 1 heterocycles. The van der Waals surface area contributed by atoms with Gasteiger partial charge in [-0.2, -0.15) is 5.10 Å². The van der Waals surface area contributed by atoms with Gasteiger partial charge in [-0.25, -0.2) is 0 Å². The Morgan fingerprint density at radius 2 is 1.75 bits per heavy atom. The molecule has 2 aromatic carbocycles. The number of para-hydroxylation sites is 1. The molecule has 0 bridgehead atoms. The molecule has 2 atom stereocenters. The molecule has 3 heteroatoms. The first kappa shape index (κ1) is 12.9. The summed E-state index contributed by atoms with van der Waals surface area (Å²) in [6, 6.07) is 17.8. The molecule has 2 unspecified atom stereocenters. The van der Waals surface area contributed by atoms with Crippen LogP contribution in [0.5, 0.6) is 0 Å². The molecule has 20 heavy (non-hydrogen) atoms. The molecule has 1 aromatic heterocycles. The highest BCUT2D eigenvalue weighted by molar-refractivity contribution is 5.78. The van der Waals surface area contributed by atoms with Crippen LogP contribution in [0.25, 0.3) is 10.9 Å². The Morgan fingerprint density at radius 3 is 2.50 bits per heavy atom. The lowest BCUT2D eigenvalue weighted by Crippen LogP contribution is -2.18. The number of aromatic nitrogens is 2. The SMILES string of the molecule is CCC(C(O)c1ccccc1)n1ncc2ccccc21. The van der Waals surface area contributed by atoms with E-state index in [1.807, 2.05) is 65.5 Å². The van der Waals surface area contributed by atoms with Gasteiger partial charge in [-0.3, -0.25) is 4.68 Å². The van der Waals surface area contributed by atoms with Gasteiger partial charge in [-0.1, -0.05) is 55.5 Å². The third-order valence-corrected chi connectivity index (χ3v) is 3.74. The fraction of sp³-hybridized carbons (Fsp3) is 0.235.